The minimum absolute atomic E-state index is 0.154. The van der Waals surface area contributed by atoms with E-state index >= 15 is 0 Å². The van der Waals surface area contributed by atoms with Crippen LogP contribution in [-0.4, -0.2) is 75.8 Å². The van der Waals surface area contributed by atoms with Crippen LogP contribution in [0.1, 0.15) is 0 Å². The Morgan fingerprint density at radius 3 is 2.67 bits per heavy atom. The molecular weight excluding hydrogens is 270 g/mol. The van der Waals surface area contributed by atoms with Crippen LogP contribution < -0.4 is 0 Å². The number of carbonyl (C=O) groups is 2. The fourth-order valence-corrected chi connectivity index (χ4v) is 2.71. The predicted octanol–water partition coefficient (Wildman–Crippen LogP) is 0.125. The number of carboxylic acid groups (broad SMARTS) is 1. The summed E-state index contributed by atoms with van der Waals surface area (Å²) in [6.45, 7) is -1.50. The predicted molar refractivity (Wildman–Crippen MR) is 60.6 cm³/mol. The molecule has 9 heteroatoms. The second-order valence-corrected chi connectivity index (χ2v) is 4.67. The summed E-state index contributed by atoms with van der Waals surface area (Å²) in [5.41, 5.74) is 0. The molecule has 0 spiro atoms. The Morgan fingerprint density at radius 2 is 2.17 bits per heavy atom. The number of rotatable bonds is 5. The topological polar surface area (TPSA) is 81.1 Å². The third kappa shape index (κ3) is 3.70. The molecule has 0 radical (unpaired) electrons. The number of aliphatic carboxylic acids is 1. The van der Waals surface area contributed by atoms with Crippen molar-refractivity contribution in [1.82, 2.24) is 9.80 Å². The molecule has 0 bridgehead atoms. The van der Waals surface area contributed by atoms with Crippen molar-refractivity contribution in [3.05, 3.63) is 0 Å². The number of nitrogens with zero attached hydrogens (tertiary/aromatic N) is 2. The van der Waals surface area contributed by atoms with E-state index in [0.29, 0.717) is 0 Å². The lowest BCUT2D eigenvalue weighted by Gasteiger charge is -2.29. The van der Waals surface area contributed by atoms with Gasteiger partial charge in [-0.15, -0.1) is 11.8 Å². The largest absolute Gasteiger partial charge is 0.480 e. The second kappa shape index (κ2) is 6.74. The van der Waals surface area contributed by atoms with Gasteiger partial charge in [-0.3, -0.25) is 0 Å². The molecule has 6 nitrogen and oxygen atoms in total. The normalized spacial score (nSPS) is 19.3. The molecule has 1 rings (SSSR count). The van der Waals surface area contributed by atoms with Crippen molar-refractivity contribution < 1.29 is 28.6 Å². The number of hydrogen-bond donors (Lipinski definition) is 2. The Balaban J connectivity index is 2.72. The van der Waals surface area contributed by atoms with Crippen LogP contribution in [0.4, 0.5) is 13.6 Å². The van der Waals surface area contributed by atoms with Crippen molar-refractivity contribution in [2.45, 2.75) is 12.5 Å². The minimum atomic E-state index is -2.72. The summed E-state index contributed by atoms with van der Waals surface area (Å²) >= 11 is 1.25. The van der Waals surface area contributed by atoms with Gasteiger partial charge >= 0.3 is 12.0 Å². The fourth-order valence-electron chi connectivity index (χ4n) is 1.57. The van der Waals surface area contributed by atoms with Crippen LogP contribution >= 0.6 is 11.8 Å². The first kappa shape index (κ1) is 15.0. The van der Waals surface area contributed by atoms with E-state index in [9.17, 15) is 18.4 Å². The highest BCUT2D eigenvalue weighted by Gasteiger charge is 2.37. The van der Waals surface area contributed by atoms with Gasteiger partial charge in [0.05, 0.1) is 19.0 Å². The van der Waals surface area contributed by atoms with E-state index in [1.807, 2.05) is 0 Å². The van der Waals surface area contributed by atoms with Gasteiger partial charge < -0.3 is 20.0 Å². The molecule has 0 saturated carbocycles. The first-order valence-corrected chi connectivity index (χ1v) is 6.38. The Bertz CT molecular complexity index is 319. The summed E-state index contributed by atoms with van der Waals surface area (Å²) in [7, 11) is 0. The Hall–Kier alpha value is -1.09. The van der Waals surface area contributed by atoms with E-state index in [4.69, 9.17) is 10.2 Å². The summed E-state index contributed by atoms with van der Waals surface area (Å²) in [5.74, 6) is -0.765. The molecule has 0 aromatic rings. The van der Waals surface area contributed by atoms with Gasteiger partial charge in [-0.1, -0.05) is 0 Å². The molecule has 2 amide bonds. The summed E-state index contributed by atoms with van der Waals surface area (Å²) in [4.78, 5) is 24.6. The molecule has 0 unspecified atom stereocenters. The van der Waals surface area contributed by atoms with E-state index in [-0.39, 0.29) is 18.2 Å². The smallest absolute Gasteiger partial charge is 0.327 e. The monoisotopic (exact) mass is 284 g/mol. The number of alkyl halides is 2. The average molecular weight is 284 g/mol. The van der Waals surface area contributed by atoms with Crippen molar-refractivity contribution in [2.24, 2.45) is 0 Å². The Labute approximate surface area is 107 Å². The van der Waals surface area contributed by atoms with Crippen LogP contribution in [0.2, 0.25) is 0 Å². The lowest BCUT2D eigenvalue weighted by atomic mass is 10.3. The maximum atomic E-state index is 12.3. The van der Waals surface area contributed by atoms with Crippen LogP contribution in [0.3, 0.4) is 0 Å². The Morgan fingerprint density at radius 1 is 1.50 bits per heavy atom. The van der Waals surface area contributed by atoms with Crippen molar-refractivity contribution in [3.8, 4) is 0 Å². The molecule has 104 valence electrons. The molecule has 1 aliphatic rings. The average Bonchev–Trinajstić information content (AvgIpc) is 2.75. The number of carboxylic acids is 1. The maximum absolute atomic E-state index is 12.3. The Kier molecular flexibility index (Phi) is 5.60. The number of aliphatic hydroxyl groups is 1. The zero-order chi connectivity index (χ0) is 13.7. The van der Waals surface area contributed by atoms with Crippen LogP contribution in [0.25, 0.3) is 0 Å². The highest BCUT2D eigenvalue weighted by Crippen LogP contribution is 2.22. The number of thioether (sulfide) groups is 1. The molecule has 1 aliphatic heterocycles. The van der Waals surface area contributed by atoms with Crippen molar-refractivity contribution in [1.29, 1.82) is 0 Å². The minimum Gasteiger partial charge on any atom is -0.480 e. The van der Waals surface area contributed by atoms with Gasteiger partial charge in [0.15, 0.2) is 0 Å². The number of aliphatic hydroxyl groups excluding tert-OH is 1. The van der Waals surface area contributed by atoms with Gasteiger partial charge in [0.1, 0.15) is 6.04 Å². The van der Waals surface area contributed by atoms with Crippen molar-refractivity contribution in [3.63, 3.8) is 0 Å². The molecule has 2 N–H and O–H groups in total. The highest BCUT2D eigenvalue weighted by atomic mass is 32.2. The van der Waals surface area contributed by atoms with E-state index in [2.05, 4.69) is 0 Å². The number of carbonyl (C=O) groups excluding carboxylic acids is 1. The molecule has 18 heavy (non-hydrogen) atoms. The third-order valence-electron chi connectivity index (χ3n) is 2.41. The molecule has 0 aromatic heterocycles. The molecule has 0 aliphatic carbocycles. The number of halogens is 2. The van der Waals surface area contributed by atoms with Crippen LogP contribution in [-0.2, 0) is 4.79 Å². The van der Waals surface area contributed by atoms with Gasteiger partial charge in [-0.25, -0.2) is 18.4 Å². The highest BCUT2D eigenvalue weighted by molar-refractivity contribution is 7.99. The number of amides is 2. The number of urea groups is 1. The standard InChI is InChI=1S/C9H14F2N2O4S/c10-7(11)3-12(1-2-14)9(17)13-5-18-4-6(13)8(15)16/h6-7,14H,1-5H2,(H,15,16)/t6-/m0/s1. The number of hydrogen-bond acceptors (Lipinski definition) is 4. The SMILES string of the molecule is O=C(O)[C@@H]1CSCN1C(=O)N(CCO)CC(F)F. The zero-order valence-electron chi connectivity index (χ0n) is 9.46. The van der Waals surface area contributed by atoms with Gasteiger partial charge in [0, 0.05) is 12.3 Å². The van der Waals surface area contributed by atoms with Crippen LogP contribution in [0.5, 0.6) is 0 Å². The quantitative estimate of drug-likeness (QED) is 0.750. The lowest BCUT2D eigenvalue weighted by Crippen LogP contribution is -2.50. The second-order valence-electron chi connectivity index (χ2n) is 3.67. The molecule has 1 atom stereocenters. The first-order chi connectivity index (χ1) is 8.47. The van der Waals surface area contributed by atoms with Gasteiger partial charge in [0.25, 0.3) is 6.43 Å². The van der Waals surface area contributed by atoms with Crippen molar-refractivity contribution >= 4 is 23.8 Å². The first-order valence-electron chi connectivity index (χ1n) is 5.22. The van der Waals surface area contributed by atoms with E-state index in [0.717, 1.165) is 9.80 Å². The van der Waals surface area contributed by atoms with Gasteiger partial charge in [0.2, 0.25) is 0 Å². The van der Waals surface area contributed by atoms with E-state index in [1.54, 1.807) is 0 Å². The molecular formula is C9H14F2N2O4S. The van der Waals surface area contributed by atoms with Crippen LogP contribution in [0.15, 0.2) is 0 Å². The third-order valence-corrected chi connectivity index (χ3v) is 3.42. The molecule has 0 aromatic carbocycles. The van der Waals surface area contributed by atoms with E-state index in [1.165, 1.54) is 11.8 Å². The fraction of sp³-hybridized carbons (Fsp3) is 0.778. The van der Waals surface area contributed by atoms with Crippen molar-refractivity contribution in [2.75, 3.05) is 31.3 Å². The summed E-state index contributed by atoms with van der Waals surface area (Å²) < 4.78 is 24.6. The summed E-state index contributed by atoms with van der Waals surface area (Å²) in [5, 5.41) is 17.6. The van der Waals surface area contributed by atoms with Gasteiger partial charge in [-0.2, -0.15) is 0 Å². The molecule has 1 heterocycles. The van der Waals surface area contributed by atoms with E-state index < -0.39 is 37.6 Å². The maximum Gasteiger partial charge on any atom is 0.327 e. The molecule has 1 saturated heterocycles. The molecule has 1 fully saturated rings. The summed E-state index contributed by atoms with van der Waals surface area (Å²) in [6, 6.07) is -1.77. The lowest BCUT2D eigenvalue weighted by molar-refractivity contribution is -0.141. The van der Waals surface area contributed by atoms with Crippen LogP contribution in [0, 0.1) is 0 Å². The van der Waals surface area contributed by atoms with Gasteiger partial charge in [-0.05, 0) is 0 Å². The summed E-state index contributed by atoms with van der Waals surface area (Å²) in [6.07, 6.45) is -2.72. The zero-order valence-corrected chi connectivity index (χ0v) is 10.3.